The molecule has 27 heavy (non-hydrogen) atoms. The highest BCUT2D eigenvalue weighted by Gasteiger charge is 2.28. The number of nitrogens with zero attached hydrogens (tertiary/aromatic N) is 1. The van der Waals surface area contributed by atoms with E-state index in [2.05, 4.69) is 4.98 Å². The minimum absolute atomic E-state index is 0.106. The molecule has 0 bridgehead atoms. The minimum atomic E-state index is -4.36. The van der Waals surface area contributed by atoms with E-state index >= 15 is 0 Å². The summed E-state index contributed by atoms with van der Waals surface area (Å²) in [5.41, 5.74) is 2.49. The number of ether oxygens (including phenoxy) is 3. The fourth-order valence-electron chi connectivity index (χ4n) is 2.99. The van der Waals surface area contributed by atoms with Gasteiger partial charge < -0.3 is 14.2 Å². The number of alkyl halides is 3. The number of aromatic nitrogens is 1. The van der Waals surface area contributed by atoms with Crippen LogP contribution >= 0.6 is 0 Å². The van der Waals surface area contributed by atoms with Gasteiger partial charge in [-0.1, -0.05) is 6.07 Å². The summed E-state index contributed by atoms with van der Waals surface area (Å²) >= 11 is 0. The Balaban J connectivity index is 1.66. The summed E-state index contributed by atoms with van der Waals surface area (Å²) < 4.78 is 53.1. The first-order valence-corrected chi connectivity index (χ1v) is 8.91. The Morgan fingerprint density at radius 1 is 1.11 bits per heavy atom. The van der Waals surface area contributed by atoms with Gasteiger partial charge in [-0.15, -0.1) is 0 Å². The summed E-state index contributed by atoms with van der Waals surface area (Å²) in [5, 5.41) is 0. The Bertz CT molecular complexity index is 758. The molecule has 1 saturated heterocycles. The highest BCUT2D eigenvalue weighted by Crippen LogP contribution is 2.29. The zero-order chi connectivity index (χ0) is 19.3. The van der Waals surface area contributed by atoms with Crippen LogP contribution in [-0.4, -0.2) is 37.1 Å². The van der Waals surface area contributed by atoms with Crippen molar-refractivity contribution in [2.75, 3.05) is 19.8 Å². The van der Waals surface area contributed by atoms with Crippen molar-refractivity contribution in [2.24, 2.45) is 0 Å². The number of halogens is 3. The Hall–Kier alpha value is -2.28. The zero-order valence-electron chi connectivity index (χ0n) is 15.1. The monoisotopic (exact) mass is 381 g/mol. The lowest BCUT2D eigenvalue weighted by atomic mass is 10.0. The quantitative estimate of drug-likeness (QED) is 0.710. The molecule has 1 unspecified atom stereocenters. The molecular formula is C20H22F3NO3. The highest BCUT2D eigenvalue weighted by molar-refractivity contribution is 5.68. The number of hydrogen-bond donors (Lipinski definition) is 0. The molecule has 1 fully saturated rings. The van der Waals surface area contributed by atoms with Gasteiger partial charge in [0.2, 0.25) is 0 Å². The van der Waals surface area contributed by atoms with E-state index in [9.17, 15) is 13.2 Å². The third kappa shape index (κ3) is 5.85. The second-order valence-corrected chi connectivity index (χ2v) is 6.59. The van der Waals surface area contributed by atoms with Gasteiger partial charge in [0.05, 0.1) is 12.3 Å². The summed E-state index contributed by atoms with van der Waals surface area (Å²) in [6.07, 6.45) is 2.32. The third-order valence-electron chi connectivity index (χ3n) is 4.33. The summed E-state index contributed by atoms with van der Waals surface area (Å²) in [6, 6.07) is 6.71. The van der Waals surface area contributed by atoms with Gasteiger partial charge in [-0.3, -0.25) is 4.98 Å². The fraction of sp³-hybridized carbons (Fsp3) is 0.450. The molecule has 1 aliphatic heterocycles. The Morgan fingerprint density at radius 3 is 2.67 bits per heavy atom. The average molecular weight is 381 g/mol. The van der Waals surface area contributed by atoms with Crippen LogP contribution in [0.1, 0.15) is 24.8 Å². The molecule has 7 heteroatoms. The summed E-state index contributed by atoms with van der Waals surface area (Å²) in [4.78, 5) is 4.21. The number of benzene rings is 1. The number of rotatable bonds is 6. The molecule has 146 valence electrons. The van der Waals surface area contributed by atoms with Crippen molar-refractivity contribution in [3.8, 4) is 22.6 Å². The van der Waals surface area contributed by atoms with Crippen molar-refractivity contribution in [3.63, 3.8) is 0 Å². The van der Waals surface area contributed by atoms with Crippen LogP contribution in [0.4, 0.5) is 13.2 Å². The van der Waals surface area contributed by atoms with Crippen molar-refractivity contribution >= 4 is 0 Å². The lowest BCUT2D eigenvalue weighted by Crippen LogP contribution is -2.25. The van der Waals surface area contributed by atoms with Gasteiger partial charge in [0.15, 0.2) is 6.61 Å². The third-order valence-corrected chi connectivity index (χ3v) is 4.33. The molecule has 1 aromatic carbocycles. The first kappa shape index (κ1) is 19.5. The molecule has 1 aliphatic rings. The van der Waals surface area contributed by atoms with E-state index in [1.54, 1.807) is 24.5 Å². The van der Waals surface area contributed by atoms with Crippen LogP contribution in [0.25, 0.3) is 11.1 Å². The van der Waals surface area contributed by atoms with E-state index in [1.807, 2.05) is 13.0 Å². The smallest absolute Gasteiger partial charge is 0.422 e. The normalized spacial score (nSPS) is 17.6. The van der Waals surface area contributed by atoms with Crippen LogP contribution in [0.5, 0.6) is 11.5 Å². The van der Waals surface area contributed by atoms with E-state index in [1.165, 1.54) is 6.07 Å². The lowest BCUT2D eigenvalue weighted by molar-refractivity contribution is -0.153. The van der Waals surface area contributed by atoms with E-state index in [0.717, 1.165) is 42.6 Å². The predicted molar refractivity (Wildman–Crippen MR) is 95.0 cm³/mol. The first-order chi connectivity index (χ1) is 12.9. The molecule has 0 N–H and O–H groups in total. The Kier molecular flexibility index (Phi) is 6.21. The van der Waals surface area contributed by atoms with Crippen LogP contribution in [0.3, 0.4) is 0 Å². The van der Waals surface area contributed by atoms with Crippen LogP contribution in [0.15, 0.2) is 36.7 Å². The molecule has 0 amide bonds. The minimum Gasteiger partial charge on any atom is -0.489 e. The number of hydrogen-bond acceptors (Lipinski definition) is 4. The molecule has 0 radical (unpaired) electrons. The van der Waals surface area contributed by atoms with Gasteiger partial charge in [0, 0.05) is 18.4 Å². The van der Waals surface area contributed by atoms with Gasteiger partial charge in [-0.2, -0.15) is 13.2 Å². The van der Waals surface area contributed by atoms with Crippen molar-refractivity contribution in [2.45, 2.75) is 38.5 Å². The van der Waals surface area contributed by atoms with Crippen molar-refractivity contribution in [3.05, 3.63) is 42.2 Å². The second-order valence-electron chi connectivity index (χ2n) is 6.59. The van der Waals surface area contributed by atoms with Gasteiger partial charge in [0.25, 0.3) is 0 Å². The fourth-order valence-corrected chi connectivity index (χ4v) is 2.99. The highest BCUT2D eigenvalue weighted by atomic mass is 19.4. The largest absolute Gasteiger partial charge is 0.489 e. The van der Waals surface area contributed by atoms with Crippen molar-refractivity contribution < 1.29 is 27.4 Å². The first-order valence-electron chi connectivity index (χ1n) is 8.91. The maximum atomic E-state index is 12.3. The topological polar surface area (TPSA) is 40.6 Å². The van der Waals surface area contributed by atoms with Crippen molar-refractivity contribution in [1.82, 2.24) is 4.98 Å². The van der Waals surface area contributed by atoms with Crippen LogP contribution in [0.2, 0.25) is 0 Å². The molecule has 2 aromatic rings. The number of pyridine rings is 1. The van der Waals surface area contributed by atoms with Crippen LogP contribution in [0, 0.1) is 6.92 Å². The van der Waals surface area contributed by atoms with E-state index in [4.69, 9.17) is 14.2 Å². The number of aryl methyl sites for hydroxylation is 1. The average Bonchev–Trinajstić information content (AvgIpc) is 2.65. The van der Waals surface area contributed by atoms with Gasteiger partial charge in [-0.05, 0) is 55.5 Å². The Labute approximate surface area is 156 Å². The summed E-state index contributed by atoms with van der Waals surface area (Å²) in [5.74, 6) is 0.821. The molecule has 1 atom stereocenters. The molecule has 2 heterocycles. The zero-order valence-corrected chi connectivity index (χ0v) is 15.1. The molecule has 0 aliphatic carbocycles. The summed E-state index contributed by atoms with van der Waals surface area (Å²) in [7, 11) is 0. The van der Waals surface area contributed by atoms with Gasteiger partial charge in [0.1, 0.15) is 18.1 Å². The molecular weight excluding hydrogens is 359 g/mol. The molecule has 0 spiro atoms. The maximum absolute atomic E-state index is 12.3. The Morgan fingerprint density at radius 2 is 1.96 bits per heavy atom. The summed E-state index contributed by atoms with van der Waals surface area (Å²) in [6.45, 7) is 1.77. The molecule has 1 aromatic heterocycles. The molecule has 0 saturated carbocycles. The van der Waals surface area contributed by atoms with Crippen LogP contribution < -0.4 is 9.47 Å². The molecule has 4 nitrogen and oxygen atoms in total. The van der Waals surface area contributed by atoms with Gasteiger partial charge >= 0.3 is 6.18 Å². The lowest BCUT2D eigenvalue weighted by Gasteiger charge is -2.22. The second kappa shape index (κ2) is 8.61. The SMILES string of the molecule is Cc1cc(OCC(F)(F)F)ccc1-c1cncc(OCC2CCCCO2)c1. The van der Waals surface area contributed by atoms with E-state index in [-0.39, 0.29) is 11.9 Å². The maximum Gasteiger partial charge on any atom is 0.422 e. The molecule has 3 rings (SSSR count). The predicted octanol–water partition coefficient (Wildman–Crippen LogP) is 4.95. The van der Waals surface area contributed by atoms with E-state index in [0.29, 0.717) is 12.4 Å². The van der Waals surface area contributed by atoms with Gasteiger partial charge in [-0.25, -0.2) is 0 Å². The van der Waals surface area contributed by atoms with Crippen molar-refractivity contribution in [1.29, 1.82) is 0 Å². The van der Waals surface area contributed by atoms with E-state index < -0.39 is 12.8 Å². The standard InChI is InChI=1S/C20H22F3NO3/c1-14-8-16(27-13-20(21,22)23)5-6-19(14)15-9-18(11-24-10-15)26-12-17-4-2-3-7-25-17/h5-6,8-11,17H,2-4,7,12-13H2,1H3. The van der Waals surface area contributed by atoms with Crippen LogP contribution in [-0.2, 0) is 4.74 Å².